The number of aromatic nitrogens is 1. The lowest BCUT2D eigenvalue weighted by atomic mass is 10.1. The summed E-state index contributed by atoms with van der Waals surface area (Å²) in [7, 11) is 0. The number of pyridine rings is 1. The molecule has 0 bridgehead atoms. The number of aryl methyl sites for hydroxylation is 1. The van der Waals surface area contributed by atoms with Gasteiger partial charge >= 0.3 is 0 Å². The number of hydrogen-bond acceptors (Lipinski definition) is 3. The van der Waals surface area contributed by atoms with Crippen LogP contribution in [0.2, 0.25) is 0 Å². The number of hydrogen-bond donors (Lipinski definition) is 1. The van der Waals surface area contributed by atoms with Crippen molar-refractivity contribution in [3.63, 3.8) is 0 Å². The molecule has 0 spiro atoms. The first-order valence-corrected chi connectivity index (χ1v) is 6.23. The zero-order chi connectivity index (χ0) is 14.1. The van der Waals surface area contributed by atoms with Gasteiger partial charge in [-0.3, -0.25) is 4.98 Å². The van der Waals surface area contributed by atoms with E-state index in [2.05, 4.69) is 4.98 Å². The van der Waals surface area contributed by atoms with Gasteiger partial charge in [0.1, 0.15) is 5.52 Å². The van der Waals surface area contributed by atoms with Gasteiger partial charge in [0.2, 0.25) is 0 Å². The molecule has 0 unspecified atom stereocenters. The van der Waals surface area contributed by atoms with Crippen LogP contribution < -0.4 is 10.5 Å². The summed E-state index contributed by atoms with van der Waals surface area (Å²) < 4.78 is 19.7. The molecule has 3 nitrogen and oxygen atoms in total. The number of benzene rings is 2. The Hall–Kier alpha value is -2.62. The number of nitrogen functional groups attached to an aromatic ring is 1. The molecule has 0 aliphatic rings. The van der Waals surface area contributed by atoms with Gasteiger partial charge in [-0.05, 0) is 42.8 Å². The van der Waals surface area contributed by atoms with E-state index in [9.17, 15) is 4.39 Å². The second-order valence-corrected chi connectivity index (χ2v) is 4.54. The van der Waals surface area contributed by atoms with E-state index in [-0.39, 0.29) is 11.6 Å². The topological polar surface area (TPSA) is 48.1 Å². The zero-order valence-corrected chi connectivity index (χ0v) is 10.9. The highest BCUT2D eigenvalue weighted by Crippen LogP contribution is 2.33. The van der Waals surface area contributed by atoms with Crippen molar-refractivity contribution in [3.05, 3.63) is 60.0 Å². The predicted molar refractivity (Wildman–Crippen MR) is 77.4 cm³/mol. The van der Waals surface area contributed by atoms with Crippen molar-refractivity contribution in [2.45, 2.75) is 6.92 Å². The average Bonchev–Trinajstić information content (AvgIpc) is 2.47. The van der Waals surface area contributed by atoms with E-state index < -0.39 is 0 Å². The number of halogens is 1. The second kappa shape index (κ2) is 4.81. The summed E-state index contributed by atoms with van der Waals surface area (Å²) in [5.41, 5.74) is 7.67. The van der Waals surface area contributed by atoms with Crippen LogP contribution in [-0.2, 0) is 0 Å². The van der Waals surface area contributed by atoms with Gasteiger partial charge in [-0.15, -0.1) is 0 Å². The molecule has 0 saturated heterocycles. The van der Waals surface area contributed by atoms with E-state index >= 15 is 0 Å². The highest BCUT2D eigenvalue weighted by Gasteiger charge is 2.11. The Morgan fingerprint density at radius 3 is 2.75 bits per heavy atom. The molecule has 2 aromatic carbocycles. The van der Waals surface area contributed by atoms with Crippen molar-refractivity contribution in [1.82, 2.24) is 4.98 Å². The van der Waals surface area contributed by atoms with E-state index in [1.165, 1.54) is 0 Å². The molecule has 0 saturated carbocycles. The molecule has 2 N–H and O–H groups in total. The molecule has 4 heteroatoms. The average molecular weight is 268 g/mol. The van der Waals surface area contributed by atoms with Gasteiger partial charge in [-0.2, -0.15) is 0 Å². The molecule has 0 atom stereocenters. The van der Waals surface area contributed by atoms with E-state index in [4.69, 9.17) is 10.5 Å². The van der Waals surface area contributed by atoms with Crippen molar-refractivity contribution in [2.24, 2.45) is 0 Å². The third-order valence-corrected chi connectivity index (χ3v) is 3.14. The Morgan fingerprint density at radius 1 is 1.05 bits per heavy atom. The Labute approximate surface area is 115 Å². The maximum atomic E-state index is 14.0. The summed E-state index contributed by atoms with van der Waals surface area (Å²) in [5.74, 6) is 0.300. The Bertz CT molecular complexity index is 787. The highest BCUT2D eigenvalue weighted by molar-refractivity contribution is 5.94. The van der Waals surface area contributed by atoms with Crippen molar-refractivity contribution in [2.75, 3.05) is 5.73 Å². The third kappa shape index (κ3) is 2.05. The molecular weight excluding hydrogens is 255 g/mol. The maximum Gasteiger partial charge on any atom is 0.168 e. The number of rotatable bonds is 2. The van der Waals surface area contributed by atoms with Gasteiger partial charge in [0.25, 0.3) is 0 Å². The molecule has 0 radical (unpaired) electrons. The van der Waals surface area contributed by atoms with Gasteiger partial charge in [-0.25, -0.2) is 4.39 Å². The lowest BCUT2D eigenvalue weighted by Gasteiger charge is -2.11. The van der Waals surface area contributed by atoms with Crippen LogP contribution in [0.15, 0.2) is 48.7 Å². The molecule has 3 aromatic rings. The minimum atomic E-state index is -0.367. The fraction of sp³-hybridized carbons (Fsp3) is 0.0625. The van der Waals surface area contributed by atoms with E-state index in [1.807, 2.05) is 6.07 Å². The maximum absolute atomic E-state index is 14.0. The zero-order valence-electron chi connectivity index (χ0n) is 10.9. The normalized spacial score (nSPS) is 10.7. The first-order valence-electron chi connectivity index (χ1n) is 6.23. The SMILES string of the molecule is Cc1cccc(Oc2ccc(N)c3cccnc23)c1F. The van der Waals surface area contributed by atoms with Crippen molar-refractivity contribution in [1.29, 1.82) is 0 Å². The summed E-state index contributed by atoms with van der Waals surface area (Å²) >= 11 is 0. The van der Waals surface area contributed by atoms with E-state index in [0.29, 0.717) is 22.5 Å². The van der Waals surface area contributed by atoms with E-state index in [0.717, 1.165) is 5.39 Å². The second-order valence-electron chi connectivity index (χ2n) is 4.54. The summed E-state index contributed by atoms with van der Waals surface area (Å²) in [6.45, 7) is 1.70. The summed E-state index contributed by atoms with van der Waals surface area (Å²) in [4.78, 5) is 4.26. The van der Waals surface area contributed by atoms with Gasteiger partial charge in [-0.1, -0.05) is 12.1 Å². The first-order chi connectivity index (χ1) is 9.66. The minimum absolute atomic E-state index is 0.182. The molecule has 0 fully saturated rings. The first kappa shape index (κ1) is 12.4. The van der Waals surface area contributed by atoms with Gasteiger partial charge in [0.05, 0.1) is 0 Å². The molecule has 0 aliphatic heterocycles. The molecule has 1 heterocycles. The molecule has 1 aromatic heterocycles. The van der Waals surface area contributed by atoms with Crippen molar-refractivity contribution < 1.29 is 9.13 Å². The smallest absolute Gasteiger partial charge is 0.168 e. The lowest BCUT2D eigenvalue weighted by molar-refractivity contribution is 0.443. The van der Waals surface area contributed by atoms with Crippen LogP contribution >= 0.6 is 0 Å². The van der Waals surface area contributed by atoms with Crippen LogP contribution in [-0.4, -0.2) is 4.98 Å². The Kier molecular flexibility index (Phi) is 2.99. The number of fused-ring (bicyclic) bond motifs is 1. The lowest BCUT2D eigenvalue weighted by Crippen LogP contribution is -1.94. The molecule has 0 amide bonds. The van der Waals surface area contributed by atoms with E-state index in [1.54, 1.807) is 49.5 Å². The fourth-order valence-electron chi connectivity index (χ4n) is 2.07. The molecule has 3 rings (SSSR count). The van der Waals surface area contributed by atoms with Crippen LogP contribution in [0.4, 0.5) is 10.1 Å². The molecule has 20 heavy (non-hydrogen) atoms. The van der Waals surface area contributed by atoms with Crippen LogP contribution in [0.5, 0.6) is 11.5 Å². The molecule has 100 valence electrons. The monoisotopic (exact) mass is 268 g/mol. The van der Waals surface area contributed by atoms with Crippen LogP contribution in [0, 0.1) is 12.7 Å². The Balaban J connectivity index is 2.12. The summed E-state index contributed by atoms with van der Waals surface area (Å²) in [5, 5.41) is 0.790. The van der Waals surface area contributed by atoms with Crippen LogP contribution in [0.1, 0.15) is 5.56 Å². The molecular formula is C16H13FN2O. The van der Waals surface area contributed by atoms with Crippen LogP contribution in [0.25, 0.3) is 10.9 Å². The number of ether oxygens (including phenoxy) is 1. The fourth-order valence-corrected chi connectivity index (χ4v) is 2.07. The Morgan fingerprint density at radius 2 is 1.90 bits per heavy atom. The minimum Gasteiger partial charge on any atom is -0.452 e. The summed E-state index contributed by atoms with van der Waals surface area (Å²) in [6.07, 6.45) is 1.65. The number of nitrogens with two attached hydrogens (primary N) is 1. The van der Waals surface area contributed by atoms with Gasteiger partial charge in [0.15, 0.2) is 17.3 Å². The number of anilines is 1. The van der Waals surface area contributed by atoms with Gasteiger partial charge < -0.3 is 10.5 Å². The third-order valence-electron chi connectivity index (χ3n) is 3.14. The van der Waals surface area contributed by atoms with Gasteiger partial charge in [0, 0.05) is 17.3 Å². The van der Waals surface area contributed by atoms with Crippen LogP contribution in [0.3, 0.4) is 0 Å². The van der Waals surface area contributed by atoms with Crippen molar-refractivity contribution in [3.8, 4) is 11.5 Å². The highest BCUT2D eigenvalue weighted by atomic mass is 19.1. The standard InChI is InChI=1S/C16H13FN2O/c1-10-4-2-6-13(15(10)17)20-14-8-7-12(18)11-5-3-9-19-16(11)14/h2-9H,18H2,1H3. The summed E-state index contributed by atoms with van der Waals surface area (Å²) in [6, 6.07) is 12.1. The quantitative estimate of drug-likeness (QED) is 0.713. The van der Waals surface area contributed by atoms with Crippen molar-refractivity contribution >= 4 is 16.6 Å². The molecule has 0 aliphatic carbocycles. The predicted octanol–water partition coefficient (Wildman–Crippen LogP) is 4.06. The largest absolute Gasteiger partial charge is 0.452 e. The number of nitrogens with zero attached hydrogens (tertiary/aromatic N) is 1.